The predicted molar refractivity (Wildman–Crippen MR) is 130 cm³/mol. The van der Waals surface area contributed by atoms with E-state index in [4.69, 9.17) is 25.8 Å². The molecular weight excluding hydrogens is 480 g/mol. The van der Waals surface area contributed by atoms with Crippen molar-refractivity contribution in [3.8, 4) is 17.2 Å². The topological polar surface area (TPSA) is 103 Å². The van der Waals surface area contributed by atoms with Gasteiger partial charge in [0, 0.05) is 16.8 Å². The zero-order valence-electron chi connectivity index (χ0n) is 18.9. The monoisotopic (exact) mass is 504 g/mol. The van der Waals surface area contributed by atoms with Gasteiger partial charge in [0.05, 0.1) is 21.3 Å². The first-order valence-corrected chi connectivity index (χ1v) is 12.1. The van der Waals surface area contributed by atoms with E-state index in [0.717, 1.165) is 5.56 Å². The Kier molecular flexibility index (Phi) is 8.38. The fourth-order valence-corrected chi connectivity index (χ4v) is 4.92. The Morgan fingerprint density at radius 1 is 0.882 bits per heavy atom. The third kappa shape index (κ3) is 6.19. The van der Waals surface area contributed by atoms with Crippen molar-refractivity contribution < 1.29 is 27.4 Å². The zero-order chi connectivity index (χ0) is 24.7. The molecule has 3 rings (SSSR count). The van der Waals surface area contributed by atoms with Crippen LogP contribution in [-0.4, -0.2) is 41.7 Å². The molecule has 0 aliphatic carbocycles. The van der Waals surface area contributed by atoms with E-state index in [2.05, 4.69) is 10.0 Å². The lowest BCUT2D eigenvalue weighted by Gasteiger charge is -2.20. The van der Waals surface area contributed by atoms with Gasteiger partial charge in [-0.15, -0.1) is 0 Å². The maximum atomic E-state index is 13.2. The van der Waals surface area contributed by atoms with Crippen molar-refractivity contribution in [2.75, 3.05) is 26.6 Å². The largest absolute Gasteiger partial charge is 0.495 e. The van der Waals surface area contributed by atoms with Gasteiger partial charge in [-0.25, -0.2) is 8.42 Å². The molecule has 0 radical (unpaired) electrons. The molecule has 0 fully saturated rings. The van der Waals surface area contributed by atoms with Crippen LogP contribution in [0, 0.1) is 0 Å². The van der Waals surface area contributed by atoms with E-state index < -0.39 is 22.0 Å². The number of ether oxygens (including phenoxy) is 3. The van der Waals surface area contributed by atoms with Crippen LogP contribution in [0.1, 0.15) is 5.56 Å². The molecular formula is C24H25ClN2O6S. The normalized spacial score (nSPS) is 12.0. The lowest BCUT2D eigenvalue weighted by atomic mass is 10.1. The minimum atomic E-state index is -4.17. The second-order valence-corrected chi connectivity index (χ2v) is 9.34. The average Bonchev–Trinajstić information content (AvgIpc) is 2.84. The van der Waals surface area contributed by atoms with Crippen molar-refractivity contribution in [3.05, 3.63) is 77.3 Å². The van der Waals surface area contributed by atoms with E-state index >= 15 is 0 Å². The number of rotatable bonds is 10. The maximum Gasteiger partial charge on any atom is 0.245 e. The number of sulfonamides is 1. The van der Waals surface area contributed by atoms with Gasteiger partial charge in [0.2, 0.25) is 15.9 Å². The van der Waals surface area contributed by atoms with Gasteiger partial charge in [-0.1, -0.05) is 41.9 Å². The molecule has 0 aromatic heterocycles. The molecule has 3 aromatic carbocycles. The standard InChI is InChI=1S/C24H25ClN2O6S/c1-31-20-12-10-18(15-22(20)33-3)26-24(28)19(13-16-7-5-4-6-8-16)27-34(29,30)23-14-17(25)9-11-21(23)32-2/h4-12,14-15,19,27H,13H2,1-3H3,(H,26,28). The second-order valence-electron chi connectivity index (χ2n) is 7.22. The van der Waals surface area contributed by atoms with E-state index in [-0.39, 0.29) is 22.1 Å². The summed E-state index contributed by atoms with van der Waals surface area (Å²) in [7, 11) is 0.169. The van der Waals surface area contributed by atoms with Gasteiger partial charge in [-0.05, 0) is 42.3 Å². The van der Waals surface area contributed by atoms with Gasteiger partial charge in [-0.2, -0.15) is 4.72 Å². The van der Waals surface area contributed by atoms with Crippen LogP contribution in [0.25, 0.3) is 0 Å². The molecule has 10 heteroatoms. The predicted octanol–water partition coefficient (Wildman–Crippen LogP) is 3.89. The molecule has 34 heavy (non-hydrogen) atoms. The first kappa shape index (κ1) is 25.4. The van der Waals surface area contributed by atoms with Crippen LogP contribution in [0.5, 0.6) is 17.2 Å². The van der Waals surface area contributed by atoms with Gasteiger partial charge in [0.1, 0.15) is 16.7 Å². The first-order valence-electron chi connectivity index (χ1n) is 10.2. The summed E-state index contributed by atoms with van der Waals surface area (Å²) >= 11 is 6.02. The van der Waals surface area contributed by atoms with E-state index in [0.29, 0.717) is 17.2 Å². The number of methoxy groups -OCH3 is 3. The highest BCUT2D eigenvalue weighted by molar-refractivity contribution is 7.89. The molecule has 3 aromatic rings. The first-order chi connectivity index (χ1) is 16.3. The van der Waals surface area contributed by atoms with Crippen LogP contribution in [-0.2, 0) is 21.2 Å². The Bertz CT molecular complexity index is 1250. The third-order valence-corrected chi connectivity index (χ3v) is 6.69. The van der Waals surface area contributed by atoms with Crippen LogP contribution in [0.3, 0.4) is 0 Å². The number of carbonyl (C=O) groups is 1. The molecule has 0 bridgehead atoms. The quantitative estimate of drug-likeness (QED) is 0.434. The van der Waals surface area contributed by atoms with E-state index in [9.17, 15) is 13.2 Å². The maximum absolute atomic E-state index is 13.2. The number of anilines is 1. The van der Waals surface area contributed by atoms with Crippen molar-refractivity contribution in [2.24, 2.45) is 0 Å². The second kappa shape index (κ2) is 11.2. The zero-order valence-corrected chi connectivity index (χ0v) is 20.4. The van der Waals surface area contributed by atoms with Crippen molar-refractivity contribution in [1.29, 1.82) is 0 Å². The molecule has 0 saturated carbocycles. The number of hydrogen-bond acceptors (Lipinski definition) is 6. The number of nitrogens with one attached hydrogen (secondary N) is 2. The van der Waals surface area contributed by atoms with Gasteiger partial charge >= 0.3 is 0 Å². The summed E-state index contributed by atoms with van der Waals surface area (Å²) in [5.41, 5.74) is 1.19. The van der Waals surface area contributed by atoms with Crippen LogP contribution in [0.2, 0.25) is 5.02 Å². The van der Waals surface area contributed by atoms with Gasteiger partial charge in [0.25, 0.3) is 0 Å². The summed E-state index contributed by atoms with van der Waals surface area (Å²) in [6, 6.07) is 17.1. The average molecular weight is 505 g/mol. The summed E-state index contributed by atoms with van der Waals surface area (Å²) in [6.45, 7) is 0. The van der Waals surface area contributed by atoms with Crippen molar-refractivity contribution >= 4 is 33.2 Å². The Morgan fingerprint density at radius 3 is 2.18 bits per heavy atom. The summed E-state index contributed by atoms with van der Waals surface area (Å²) in [5, 5.41) is 2.96. The molecule has 0 heterocycles. The molecule has 1 unspecified atom stereocenters. The third-order valence-electron chi connectivity index (χ3n) is 4.96. The molecule has 0 spiro atoms. The highest BCUT2D eigenvalue weighted by Gasteiger charge is 2.29. The fourth-order valence-electron chi connectivity index (χ4n) is 3.29. The number of hydrogen-bond donors (Lipinski definition) is 2. The van der Waals surface area contributed by atoms with Gasteiger partial charge < -0.3 is 19.5 Å². The van der Waals surface area contributed by atoms with Crippen LogP contribution >= 0.6 is 11.6 Å². The van der Waals surface area contributed by atoms with Crippen LogP contribution in [0.15, 0.2) is 71.6 Å². The SMILES string of the molecule is COc1ccc(NC(=O)C(Cc2ccccc2)NS(=O)(=O)c2cc(Cl)ccc2OC)cc1OC. The highest BCUT2D eigenvalue weighted by atomic mass is 35.5. The van der Waals surface area contributed by atoms with Crippen molar-refractivity contribution in [2.45, 2.75) is 17.4 Å². The minimum absolute atomic E-state index is 0.107. The number of carbonyl (C=O) groups excluding carboxylic acids is 1. The van der Waals surface area contributed by atoms with E-state index in [1.165, 1.54) is 39.5 Å². The molecule has 1 atom stereocenters. The van der Waals surface area contributed by atoms with E-state index in [1.807, 2.05) is 30.3 Å². The smallest absolute Gasteiger partial charge is 0.245 e. The fraction of sp³-hybridized carbons (Fsp3) is 0.208. The Morgan fingerprint density at radius 2 is 1.53 bits per heavy atom. The molecule has 2 N–H and O–H groups in total. The number of halogens is 1. The molecule has 0 aliphatic heterocycles. The van der Waals surface area contributed by atoms with Crippen molar-refractivity contribution in [1.82, 2.24) is 4.72 Å². The summed E-state index contributed by atoms with van der Waals surface area (Å²) < 4.78 is 44.7. The Balaban J connectivity index is 1.92. The molecule has 8 nitrogen and oxygen atoms in total. The lowest BCUT2D eigenvalue weighted by molar-refractivity contribution is -0.117. The van der Waals surface area contributed by atoms with Crippen molar-refractivity contribution in [3.63, 3.8) is 0 Å². The lowest BCUT2D eigenvalue weighted by Crippen LogP contribution is -2.45. The molecule has 180 valence electrons. The minimum Gasteiger partial charge on any atom is -0.495 e. The van der Waals surface area contributed by atoms with Crippen LogP contribution in [0.4, 0.5) is 5.69 Å². The summed E-state index contributed by atoms with van der Waals surface area (Å²) in [5.74, 6) is 0.468. The molecule has 0 saturated heterocycles. The molecule has 1 amide bonds. The van der Waals surface area contributed by atoms with E-state index in [1.54, 1.807) is 18.2 Å². The summed E-state index contributed by atoms with van der Waals surface area (Å²) in [4.78, 5) is 13.1. The highest BCUT2D eigenvalue weighted by Crippen LogP contribution is 2.30. The Hall–Kier alpha value is -3.27. The van der Waals surface area contributed by atoms with Gasteiger partial charge in [-0.3, -0.25) is 4.79 Å². The van der Waals surface area contributed by atoms with Crippen LogP contribution < -0.4 is 24.2 Å². The van der Waals surface area contributed by atoms with Gasteiger partial charge in [0.15, 0.2) is 11.5 Å². The number of benzene rings is 3. The molecule has 0 aliphatic rings. The Labute approximate surface area is 203 Å². The number of amides is 1. The summed E-state index contributed by atoms with van der Waals surface area (Å²) in [6.07, 6.45) is 0.113.